The van der Waals surface area contributed by atoms with E-state index < -0.39 is 39.5 Å². The van der Waals surface area contributed by atoms with Crippen LogP contribution in [-0.4, -0.2) is 38.0 Å². The average molecular weight is 510 g/mol. The molecule has 1 aromatic rings. The molecule has 1 heterocycles. The number of nitriles is 2. The highest BCUT2D eigenvalue weighted by molar-refractivity contribution is 7.73. The number of rotatable bonds is 5. The first kappa shape index (κ1) is 25.3. The van der Waals surface area contributed by atoms with Gasteiger partial charge in [0.2, 0.25) is 10.9 Å². The molecule has 0 spiro atoms. The summed E-state index contributed by atoms with van der Waals surface area (Å²) in [6.07, 6.45) is -0.470. The molecule has 0 unspecified atom stereocenters. The molecule has 4 fully saturated rings. The number of piperidine rings is 1. The van der Waals surface area contributed by atoms with Crippen molar-refractivity contribution in [2.75, 3.05) is 17.5 Å². The first-order valence-corrected chi connectivity index (χ1v) is 12.7. The summed E-state index contributed by atoms with van der Waals surface area (Å²) in [4.78, 5) is 13.4. The lowest BCUT2D eigenvalue weighted by Crippen LogP contribution is -2.56. The zero-order chi connectivity index (χ0) is 25.4. The van der Waals surface area contributed by atoms with Crippen LogP contribution in [0.4, 0.5) is 18.9 Å². The molecule has 3 saturated carbocycles. The number of nitrogens with one attached hydrogen (secondary N) is 1. The van der Waals surface area contributed by atoms with E-state index in [0.717, 1.165) is 16.5 Å². The van der Waals surface area contributed by atoms with Crippen molar-refractivity contribution < 1.29 is 26.4 Å². The standard InChI is InChI=1S/C23H26F3N5O3S/c24-23(25,26)17-1-2-19(31(35(33)34)30-11-3-16(14-27)4-12-30)18(13-17)20(32)29-22-8-5-21(15-28,6-9-22)7-10-22/h1-2,13,16,35H,3-12H2,(H,29,32). The quantitative estimate of drug-likeness (QED) is 0.587. The second-order valence-corrected chi connectivity index (χ2v) is 10.6. The fraction of sp³-hybridized carbons (Fsp3) is 0.609. The molecule has 1 saturated heterocycles. The van der Waals surface area contributed by atoms with Crippen molar-refractivity contribution in [2.45, 2.75) is 63.1 Å². The van der Waals surface area contributed by atoms with Gasteiger partial charge in [0.25, 0.3) is 5.91 Å². The molecule has 0 atom stereocenters. The van der Waals surface area contributed by atoms with E-state index in [0.29, 0.717) is 57.4 Å². The first-order valence-electron chi connectivity index (χ1n) is 11.6. The third-order valence-corrected chi connectivity index (χ3v) is 8.50. The Morgan fingerprint density at radius 1 is 1.09 bits per heavy atom. The fourth-order valence-corrected chi connectivity index (χ4v) is 6.18. The summed E-state index contributed by atoms with van der Waals surface area (Å²) in [6.45, 7) is 0.424. The molecule has 0 aromatic heterocycles. The number of hydrazine groups is 1. The summed E-state index contributed by atoms with van der Waals surface area (Å²) in [5.41, 5.74) is -2.61. The van der Waals surface area contributed by atoms with Crippen molar-refractivity contribution >= 4 is 22.5 Å². The smallest absolute Gasteiger partial charge is 0.347 e. The van der Waals surface area contributed by atoms with E-state index in [1.54, 1.807) is 0 Å². The number of anilines is 1. The maximum absolute atomic E-state index is 13.5. The molecule has 1 aromatic carbocycles. The third-order valence-electron chi connectivity index (χ3n) is 7.72. The van der Waals surface area contributed by atoms with Crippen LogP contribution in [0.3, 0.4) is 0 Å². The molecule has 2 bridgehead atoms. The number of hydrogen-bond acceptors (Lipinski definition) is 6. The van der Waals surface area contributed by atoms with Gasteiger partial charge in [-0.25, -0.2) is 17.8 Å². The Morgan fingerprint density at radius 2 is 1.69 bits per heavy atom. The molecule has 1 aliphatic heterocycles. The van der Waals surface area contributed by atoms with E-state index in [2.05, 4.69) is 17.5 Å². The third kappa shape index (κ3) is 4.95. The van der Waals surface area contributed by atoms with Gasteiger partial charge in [0.05, 0.1) is 34.4 Å². The molecule has 8 nitrogen and oxygen atoms in total. The van der Waals surface area contributed by atoms with Crippen LogP contribution in [0.5, 0.6) is 0 Å². The molecular formula is C23H26F3N5O3S. The lowest BCUT2D eigenvalue weighted by Gasteiger charge is -2.50. The largest absolute Gasteiger partial charge is 0.416 e. The molecule has 3 aliphatic carbocycles. The summed E-state index contributed by atoms with van der Waals surface area (Å²) in [5.74, 6) is -1.00. The number of carbonyl (C=O) groups is 1. The van der Waals surface area contributed by atoms with Crippen LogP contribution in [-0.2, 0) is 17.1 Å². The van der Waals surface area contributed by atoms with Gasteiger partial charge in [-0.1, -0.05) is 0 Å². The van der Waals surface area contributed by atoms with Crippen LogP contribution < -0.4 is 9.73 Å². The van der Waals surface area contributed by atoms with Crippen LogP contribution in [0.15, 0.2) is 18.2 Å². The molecule has 188 valence electrons. The van der Waals surface area contributed by atoms with Crippen molar-refractivity contribution in [3.05, 3.63) is 29.3 Å². The minimum atomic E-state index is -4.72. The van der Waals surface area contributed by atoms with Crippen molar-refractivity contribution in [3.8, 4) is 12.1 Å². The molecule has 1 N–H and O–H groups in total. The molecule has 1 amide bonds. The normalized spacial score (nSPS) is 27.3. The van der Waals surface area contributed by atoms with Crippen molar-refractivity contribution in [3.63, 3.8) is 0 Å². The fourth-order valence-electron chi connectivity index (χ4n) is 5.45. The van der Waals surface area contributed by atoms with E-state index >= 15 is 0 Å². The van der Waals surface area contributed by atoms with Gasteiger partial charge in [-0.15, -0.1) is 0 Å². The van der Waals surface area contributed by atoms with E-state index in [4.69, 9.17) is 5.26 Å². The van der Waals surface area contributed by atoms with Crippen LogP contribution in [0.1, 0.15) is 67.3 Å². The Hall–Kier alpha value is -2.83. The Kier molecular flexibility index (Phi) is 6.73. The van der Waals surface area contributed by atoms with Crippen molar-refractivity contribution in [1.29, 1.82) is 10.5 Å². The molecule has 12 heteroatoms. The summed E-state index contributed by atoms with van der Waals surface area (Å²) >= 11 is 0. The summed E-state index contributed by atoms with van der Waals surface area (Å²) in [6, 6.07) is 6.99. The summed E-state index contributed by atoms with van der Waals surface area (Å²) < 4.78 is 65.9. The average Bonchev–Trinajstić information content (AvgIpc) is 2.85. The highest BCUT2D eigenvalue weighted by atomic mass is 32.2. The minimum Gasteiger partial charge on any atom is -0.347 e. The number of thiol groups is 1. The number of nitrogens with zero attached hydrogens (tertiary/aromatic N) is 4. The maximum Gasteiger partial charge on any atom is 0.416 e. The minimum absolute atomic E-state index is 0.156. The van der Waals surface area contributed by atoms with Crippen LogP contribution in [0, 0.1) is 34.0 Å². The van der Waals surface area contributed by atoms with E-state index in [-0.39, 0.29) is 30.3 Å². The predicted octanol–water partition coefficient (Wildman–Crippen LogP) is 3.54. The number of hydrogen-bond donors (Lipinski definition) is 2. The van der Waals surface area contributed by atoms with E-state index in [9.17, 15) is 31.6 Å². The summed E-state index contributed by atoms with van der Waals surface area (Å²) in [5, 5.41) is 23.0. The van der Waals surface area contributed by atoms with E-state index in [1.165, 1.54) is 5.01 Å². The number of carbonyl (C=O) groups excluding carboxylic acids is 1. The van der Waals surface area contributed by atoms with Gasteiger partial charge >= 0.3 is 6.18 Å². The highest BCUT2D eigenvalue weighted by Gasteiger charge is 2.50. The molecular weight excluding hydrogens is 483 g/mol. The number of halogens is 3. The molecule has 35 heavy (non-hydrogen) atoms. The maximum atomic E-state index is 13.5. The Bertz CT molecular complexity index is 1130. The van der Waals surface area contributed by atoms with E-state index in [1.807, 2.05) is 0 Å². The Morgan fingerprint density at radius 3 is 2.17 bits per heavy atom. The molecule has 5 rings (SSSR count). The number of alkyl halides is 3. The van der Waals surface area contributed by atoms with Crippen molar-refractivity contribution in [2.24, 2.45) is 11.3 Å². The highest BCUT2D eigenvalue weighted by Crippen LogP contribution is 2.52. The Balaban J connectivity index is 1.68. The van der Waals surface area contributed by atoms with Crippen molar-refractivity contribution in [1.82, 2.24) is 10.3 Å². The van der Waals surface area contributed by atoms with Crippen LogP contribution in [0.2, 0.25) is 0 Å². The van der Waals surface area contributed by atoms with Crippen LogP contribution >= 0.6 is 0 Å². The zero-order valence-electron chi connectivity index (χ0n) is 19.0. The zero-order valence-corrected chi connectivity index (χ0v) is 19.9. The SMILES string of the molecule is N#CC1CCN(N(c2ccc(C(F)(F)F)cc2C(=O)NC23CCC(C#N)(CC2)CC3)[SH](=O)=O)CC1. The van der Waals surface area contributed by atoms with Gasteiger partial charge in [0, 0.05) is 24.5 Å². The molecule has 4 aliphatic rings. The lowest BCUT2D eigenvalue weighted by molar-refractivity contribution is -0.137. The van der Waals surface area contributed by atoms with Gasteiger partial charge in [-0.3, -0.25) is 4.79 Å². The summed E-state index contributed by atoms with van der Waals surface area (Å²) in [7, 11) is -3.32. The Labute approximate surface area is 203 Å². The number of fused-ring (bicyclic) bond motifs is 3. The second-order valence-electron chi connectivity index (χ2n) is 9.74. The first-order chi connectivity index (χ1) is 16.5. The van der Waals surface area contributed by atoms with Gasteiger partial charge in [-0.2, -0.15) is 23.7 Å². The van der Waals surface area contributed by atoms with Gasteiger partial charge in [0.1, 0.15) is 0 Å². The topological polar surface area (TPSA) is 117 Å². The number of benzene rings is 1. The second kappa shape index (κ2) is 9.32. The van der Waals surface area contributed by atoms with Gasteiger partial charge in [-0.05, 0) is 69.6 Å². The number of amides is 1. The van der Waals surface area contributed by atoms with Gasteiger partial charge < -0.3 is 5.32 Å². The lowest BCUT2D eigenvalue weighted by atomic mass is 9.58. The van der Waals surface area contributed by atoms with Crippen LogP contribution in [0.25, 0.3) is 0 Å². The molecule has 0 radical (unpaired) electrons. The predicted molar refractivity (Wildman–Crippen MR) is 120 cm³/mol. The monoisotopic (exact) mass is 509 g/mol. The van der Waals surface area contributed by atoms with Gasteiger partial charge in [0.15, 0.2) is 0 Å².